The summed E-state index contributed by atoms with van der Waals surface area (Å²) in [6.07, 6.45) is 3.78. The third-order valence-corrected chi connectivity index (χ3v) is 8.00. The average molecular weight is 347 g/mol. The number of fused-ring (bicyclic) bond motifs is 2. The molecule has 0 aromatic heterocycles. The van der Waals surface area contributed by atoms with Crippen molar-refractivity contribution >= 4 is 0 Å². The van der Waals surface area contributed by atoms with E-state index in [-0.39, 0.29) is 10.8 Å². The lowest BCUT2D eigenvalue weighted by atomic mass is 9.64. The summed E-state index contributed by atoms with van der Waals surface area (Å²) in [5, 5.41) is 0. The van der Waals surface area contributed by atoms with E-state index in [1.165, 1.54) is 19.3 Å². The van der Waals surface area contributed by atoms with Gasteiger partial charge in [0.2, 0.25) is 0 Å². The van der Waals surface area contributed by atoms with Crippen molar-refractivity contribution in [2.75, 3.05) is 0 Å². The molecule has 2 aromatic rings. The maximum absolute atomic E-state index is 2.54. The Labute approximate surface area is 160 Å². The Morgan fingerprint density at radius 1 is 0.808 bits per heavy atom. The van der Waals surface area contributed by atoms with E-state index >= 15 is 0 Å². The van der Waals surface area contributed by atoms with Crippen LogP contribution in [0.15, 0.2) is 48.5 Å². The molecule has 138 valence electrons. The fourth-order valence-electron chi connectivity index (χ4n) is 6.07. The summed E-state index contributed by atoms with van der Waals surface area (Å²) >= 11 is 0. The molecule has 0 saturated heterocycles. The van der Waals surface area contributed by atoms with Gasteiger partial charge in [0.15, 0.2) is 0 Å². The Morgan fingerprint density at radius 3 is 1.92 bits per heavy atom. The number of hydrogen-bond donors (Lipinski definition) is 0. The van der Waals surface area contributed by atoms with Crippen molar-refractivity contribution < 1.29 is 0 Å². The van der Waals surface area contributed by atoms with Crippen molar-refractivity contribution in [3.63, 3.8) is 0 Å². The number of rotatable bonds is 3. The van der Waals surface area contributed by atoms with E-state index in [0.717, 1.165) is 0 Å². The van der Waals surface area contributed by atoms with E-state index in [2.05, 4.69) is 90.1 Å². The maximum atomic E-state index is 2.54. The second-order valence-corrected chi connectivity index (χ2v) is 10.3. The summed E-state index contributed by atoms with van der Waals surface area (Å²) in [6.45, 7) is 14.8. The minimum Gasteiger partial charge on any atom is -0.0645 e. The molecule has 2 aromatic carbocycles. The van der Waals surface area contributed by atoms with Gasteiger partial charge in [-0.15, -0.1) is 0 Å². The summed E-state index contributed by atoms with van der Waals surface area (Å²) in [4.78, 5) is 0. The van der Waals surface area contributed by atoms with Gasteiger partial charge in [-0.25, -0.2) is 0 Å². The molecule has 2 aliphatic rings. The van der Waals surface area contributed by atoms with Gasteiger partial charge in [-0.2, -0.15) is 0 Å². The van der Waals surface area contributed by atoms with Crippen molar-refractivity contribution in [3.8, 4) is 0 Å². The highest BCUT2D eigenvalue weighted by Crippen LogP contribution is 2.62. The highest BCUT2D eigenvalue weighted by Gasteiger charge is 2.51. The largest absolute Gasteiger partial charge is 0.0645 e. The molecule has 0 N–H and O–H groups in total. The zero-order valence-corrected chi connectivity index (χ0v) is 17.4. The molecule has 3 atom stereocenters. The van der Waals surface area contributed by atoms with Crippen LogP contribution < -0.4 is 0 Å². The van der Waals surface area contributed by atoms with Crippen LogP contribution in [0.3, 0.4) is 0 Å². The lowest BCUT2D eigenvalue weighted by Crippen LogP contribution is -2.30. The van der Waals surface area contributed by atoms with Crippen LogP contribution in [0, 0.1) is 5.41 Å². The Kier molecular flexibility index (Phi) is 3.92. The SMILES string of the molecule is CCC1(C)CC(C(C)(C)C2CC(C)(C)c3ccccc32)c2ccccc21. The summed E-state index contributed by atoms with van der Waals surface area (Å²) in [5.74, 6) is 1.27. The second kappa shape index (κ2) is 5.72. The summed E-state index contributed by atoms with van der Waals surface area (Å²) in [5.41, 5.74) is 7.26. The van der Waals surface area contributed by atoms with E-state index in [0.29, 0.717) is 17.3 Å². The summed E-state index contributed by atoms with van der Waals surface area (Å²) in [7, 11) is 0. The minimum absolute atomic E-state index is 0.257. The van der Waals surface area contributed by atoms with E-state index in [1.807, 2.05) is 0 Å². The predicted octanol–water partition coefficient (Wildman–Crippen LogP) is 7.33. The standard InChI is InChI=1S/C26H34/c1-7-26(6)17-23(19-13-9-11-15-21(19)26)25(4,5)22-16-24(2,3)20-14-10-8-12-18(20)22/h8-15,22-23H,7,16-17H2,1-6H3. The highest BCUT2D eigenvalue weighted by molar-refractivity contribution is 5.47. The first kappa shape index (κ1) is 17.8. The van der Waals surface area contributed by atoms with E-state index in [9.17, 15) is 0 Å². The monoisotopic (exact) mass is 346 g/mol. The van der Waals surface area contributed by atoms with E-state index in [4.69, 9.17) is 0 Å². The molecule has 0 nitrogen and oxygen atoms in total. The molecule has 2 aliphatic carbocycles. The fraction of sp³-hybridized carbons (Fsp3) is 0.538. The molecule has 0 aliphatic heterocycles. The van der Waals surface area contributed by atoms with Gasteiger partial charge in [0.05, 0.1) is 0 Å². The first-order valence-electron chi connectivity index (χ1n) is 10.4. The lowest BCUT2D eigenvalue weighted by Gasteiger charge is -2.40. The van der Waals surface area contributed by atoms with Crippen molar-refractivity contribution in [2.45, 2.75) is 83.5 Å². The molecule has 0 saturated carbocycles. The highest BCUT2D eigenvalue weighted by atomic mass is 14.6. The van der Waals surface area contributed by atoms with Gasteiger partial charge in [0.25, 0.3) is 0 Å². The molecule has 0 radical (unpaired) electrons. The number of benzene rings is 2. The Bertz CT molecular complexity index is 825. The van der Waals surface area contributed by atoms with Crippen molar-refractivity contribution in [1.82, 2.24) is 0 Å². The fourth-order valence-corrected chi connectivity index (χ4v) is 6.07. The van der Waals surface area contributed by atoms with Crippen LogP contribution in [0.4, 0.5) is 0 Å². The van der Waals surface area contributed by atoms with Gasteiger partial charge in [-0.1, -0.05) is 90.1 Å². The van der Waals surface area contributed by atoms with Gasteiger partial charge < -0.3 is 0 Å². The van der Waals surface area contributed by atoms with Crippen LogP contribution in [-0.4, -0.2) is 0 Å². The molecule has 0 bridgehead atoms. The normalized spacial score (nSPS) is 29.5. The van der Waals surface area contributed by atoms with Crippen LogP contribution in [0.1, 0.15) is 94.9 Å². The van der Waals surface area contributed by atoms with Gasteiger partial charge in [0, 0.05) is 0 Å². The first-order chi connectivity index (χ1) is 12.2. The summed E-state index contributed by atoms with van der Waals surface area (Å²) in [6, 6.07) is 18.5. The van der Waals surface area contributed by atoms with Crippen LogP contribution >= 0.6 is 0 Å². The van der Waals surface area contributed by atoms with Gasteiger partial charge >= 0.3 is 0 Å². The molecule has 26 heavy (non-hydrogen) atoms. The average Bonchev–Trinajstić information content (AvgIpc) is 3.09. The van der Waals surface area contributed by atoms with Crippen LogP contribution in [0.5, 0.6) is 0 Å². The van der Waals surface area contributed by atoms with Crippen molar-refractivity contribution in [1.29, 1.82) is 0 Å². The Hall–Kier alpha value is -1.56. The third kappa shape index (κ3) is 2.41. The molecular formula is C26H34. The molecule has 0 heteroatoms. The van der Waals surface area contributed by atoms with E-state index < -0.39 is 0 Å². The molecule has 4 rings (SSSR count). The molecule has 0 heterocycles. The van der Waals surface area contributed by atoms with Crippen LogP contribution in [0.25, 0.3) is 0 Å². The Balaban J connectivity index is 1.80. The maximum Gasteiger partial charge on any atom is -0.00690 e. The zero-order valence-electron chi connectivity index (χ0n) is 17.4. The van der Waals surface area contributed by atoms with Crippen LogP contribution in [-0.2, 0) is 10.8 Å². The predicted molar refractivity (Wildman–Crippen MR) is 112 cm³/mol. The molecular weight excluding hydrogens is 312 g/mol. The smallest absolute Gasteiger partial charge is 0.00690 e. The van der Waals surface area contributed by atoms with E-state index in [1.54, 1.807) is 22.3 Å². The lowest BCUT2D eigenvalue weighted by molar-refractivity contribution is 0.189. The van der Waals surface area contributed by atoms with Gasteiger partial charge in [-0.05, 0) is 69.6 Å². The quantitative estimate of drug-likeness (QED) is 0.545. The minimum atomic E-state index is 0.257. The third-order valence-electron chi connectivity index (χ3n) is 8.00. The van der Waals surface area contributed by atoms with Gasteiger partial charge in [0.1, 0.15) is 0 Å². The molecule has 3 unspecified atom stereocenters. The topological polar surface area (TPSA) is 0 Å². The molecule has 0 fully saturated rings. The molecule has 0 spiro atoms. The first-order valence-corrected chi connectivity index (χ1v) is 10.4. The summed E-state index contributed by atoms with van der Waals surface area (Å²) < 4.78 is 0. The Morgan fingerprint density at radius 2 is 1.31 bits per heavy atom. The van der Waals surface area contributed by atoms with Gasteiger partial charge in [-0.3, -0.25) is 0 Å². The van der Waals surface area contributed by atoms with Crippen molar-refractivity contribution in [3.05, 3.63) is 70.8 Å². The molecule has 0 amide bonds. The van der Waals surface area contributed by atoms with Crippen molar-refractivity contribution in [2.24, 2.45) is 5.41 Å². The zero-order chi connectivity index (χ0) is 18.7. The second-order valence-electron chi connectivity index (χ2n) is 10.3. The van der Waals surface area contributed by atoms with Crippen LogP contribution in [0.2, 0.25) is 0 Å². The number of hydrogen-bond acceptors (Lipinski definition) is 0.